The molecule has 0 saturated heterocycles. The van der Waals surface area contributed by atoms with Crippen molar-refractivity contribution in [2.75, 3.05) is 0 Å². The lowest BCUT2D eigenvalue weighted by atomic mass is 10.1. The number of halogens is 2. The molecule has 3 rings (SSSR count). The molecule has 0 aliphatic heterocycles. The van der Waals surface area contributed by atoms with Gasteiger partial charge in [0.15, 0.2) is 11.6 Å². The third-order valence-electron chi connectivity index (χ3n) is 3.09. The second-order valence-electron chi connectivity index (χ2n) is 4.60. The first kappa shape index (κ1) is 14.3. The third kappa shape index (κ3) is 3.01. The summed E-state index contributed by atoms with van der Waals surface area (Å²) in [5.74, 6) is -0.129. The largest absolute Gasteiger partial charge is 0.292 e. The second kappa shape index (κ2) is 6.03. The number of hydrogen-bond donors (Lipinski definition) is 0. The van der Waals surface area contributed by atoms with Gasteiger partial charge in [0.05, 0.1) is 0 Å². The number of carbonyl (C=O) groups excluding carboxylic acids is 1. The summed E-state index contributed by atoms with van der Waals surface area (Å²) in [5, 5.41) is 12.0. The van der Waals surface area contributed by atoms with Gasteiger partial charge in [-0.3, -0.25) is 4.79 Å². The first-order valence-electron chi connectivity index (χ1n) is 6.44. The summed E-state index contributed by atoms with van der Waals surface area (Å²) >= 11 is 5.85. The van der Waals surface area contributed by atoms with Crippen LogP contribution in [0.2, 0.25) is 5.02 Å². The Morgan fingerprint density at radius 3 is 2.45 bits per heavy atom. The van der Waals surface area contributed by atoms with Crippen LogP contribution >= 0.6 is 11.6 Å². The lowest BCUT2D eigenvalue weighted by Gasteiger charge is -2.04. The molecule has 5 nitrogen and oxygen atoms in total. The summed E-state index contributed by atoms with van der Waals surface area (Å²) in [6.45, 7) is -0.0312. The van der Waals surface area contributed by atoms with Gasteiger partial charge in [-0.1, -0.05) is 11.6 Å². The van der Waals surface area contributed by atoms with Crippen LogP contribution in [-0.4, -0.2) is 26.0 Å². The van der Waals surface area contributed by atoms with Crippen molar-refractivity contribution in [1.29, 1.82) is 0 Å². The highest BCUT2D eigenvalue weighted by Crippen LogP contribution is 2.19. The van der Waals surface area contributed by atoms with Gasteiger partial charge >= 0.3 is 0 Å². The van der Waals surface area contributed by atoms with E-state index in [4.69, 9.17) is 11.6 Å². The van der Waals surface area contributed by atoms with Crippen molar-refractivity contribution < 1.29 is 9.18 Å². The average Bonchev–Trinajstić information content (AvgIpc) is 2.97. The van der Waals surface area contributed by atoms with Gasteiger partial charge in [0.1, 0.15) is 12.4 Å². The van der Waals surface area contributed by atoms with Gasteiger partial charge in [-0.25, -0.2) is 9.07 Å². The van der Waals surface area contributed by atoms with Crippen molar-refractivity contribution >= 4 is 17.4 Å². The molecular weight excluding hydrogens is 307 g/mol. The average molecular weight is 317 g/mol. The van der Waals surface area contributed by atoms with E-state index in [-0.39, 0.29) is 18.1 Å². The lowest BCUT2D eigenvalue weighted by Crippen LogP contribution is -2.13. The third-order valence-corrected chi connectivity index (χ3v) is 3.35. The standard InChI is InChI=1S/C15H10ClFN4O/c16-12-5-1-11(2-6-12)15-18-19-20-21(15)9-14(22)10-3-7-13(17)8-4-10/h1-8H,9H2. The molecule has 0 radical (unpaired) electrons. The number of benzene rings is 2. The number of Topliss-reactive ketones (excluding diaryl/α,β-unsaturated/α-hetero) is 1. The summed E-state index contributed by atoms with van der Waals surface area (Å²) in [4.78, 5) is 12.2. The zero-order valence-corrected chi connectivity index (χ0v) is 12.0. The van der Waals surface area contributed by atoms with Crippen molar-refractivity contribution in [2.45, 2.75) is 6.54 Å². The van der Waals surface area contributed by atoms with E-state index in [1.165, 1.54) is 28.9 Å². The van der Waals surface area contributed by atoms with Gasteiger partial charge in [0, 0.05) is 16.1 Å². The predicted octanol–water partition coefficient (Wildman–Crippen LogP) is 3.02. The van der Waals surface area contributed by atoms with Crippen LogP contribution in [0.4, 0.5) is 4.39 Å². The summed E-state index contributed by atoms with van der Waals surface area (Å²) in [7, 11) is 0. The van der Waals surface area contributed by atoms with Gasteiger partial charge in [-0.2, -0.15) is 0 Å². The molecular formula is C15H10ClFN4O. The summed E-state index contributed by atoms with van der Waals surface area (Å²) in [5.41, 5.74) is 1.15. The fourth-order valence-corrected chi connectivity index (χ4v) is 2.11. The highest BCUT2D eigenvalue weighted by molar-refractivity contribution is 6.30. The van der Waals surface area contributed by atoms with Gasteiger partial charge < -0.3 is 0 Å². The van der Waals surface area contributed by atoms with E-state index >= 15 is 0 Å². The molecule has 22 heavy (non-hydrogen) atoms. The smallest absolute Gasteiger partial charge is 0.184 e. The Morgan fingerprint density at radius 2 is 1.77 bits per heavy atom. The highest BCUT2D eigenvalue weighted by atomic mass is 35.5. The number of tetrazole rings is 1. The summed E-state index contributed by atoms with van der Waals surface area (Å²) < 4.78 is 14.3. The Labute approximate surface area is 130 Å². The quantitative estimate of drug-likeness (QED) is 0.694. The fourth-order valence-electron chi connectivity index (χ4n) is 1.98. The normalized spacial score (nSPS) is 10.6. The van der Waals surface area contributed by atoms with Crippen LogP contribution < -0.4 is 0 Å². The number of nitrogens with zero attached hydrogens (tertiary/aromatic N) is 4. The van der Waals surface area contributed by atoms with Gasteiger partial charge in [0.25, 0.3) is 0 Å². The Bertz CT molecular complexity index is 799. The van der Waals surface area contributed by atoms with Crippen molar-refractivity contribution in [3.05, 3.63) is 64.9 Å². The summed E-state index contributed by atoms with van der Waals surface area (Å²) in [6.07, 6.45) is 0. The van der Waals surface area contributed by atoms with Crippen LogP contribution in [0.5, 0.6) is 0 Å². The molecule has 1 aromatic heterocycles. The van der Waals surface area contributed by atoms with E-state index in [1.54, 1.807) is 24.3 Å². The van der Waals surface area contributed by atoms with E-state index in [9.17, 15) is 9.18 Å². The van der Waals surface area contributed by atoms with Crippen molar-refractivity contribution in [2.24, 2.45) is 0 Å². The Balaban J connectivity index is 1.84. The first-order valence-corrected chi connectivity index (χ1v) is 6.82. The molecule has 110 valence electrons. The molecule has 0 aliphatic rings. The van der Waals surface area contributed by atoms with Crippen LogP contribution in [0.3, 0.4) is 0 Å². The minimum Gasteiger partial charge on any atom is -0.292 e. The zero-order valence-electron chi connectivity index (χ0n) is 11.3. The maximum absolute atomic E-state index is 12.9. The molecule has 0 fully saturated rings. The Hall–Kier alpha value is -2.60. The number of rotatable bonds is 4. The van der Waals surface area contributed by atoms with Gasteiger partial charge in [0.2, 0.25) is 0 Å². The van der Waals surface area contributed by atoms with Crippen molar-refractivity contribution in [1.82, 2.24) is 20.2 Å². The van der Waals surface area contributed by atoms with Crippen molar-refractivity contribution in [3.63, 3.8) is 0 Å². The Kier molecular flexibility index (Phi) is 3.93. The molecule has 0 unspecified atom stereocenters. The number of ketones is 1. The molecule has 7 heteroatoms. The number of carbonyl (C=O) groups is 1. The molecule has 0 spiro atoms. The number of aromatic nitrogens is 4. The van der Waals surface area contributed by atoms with Crippen LogP contribution in [0.25, 0.3) is 11.4 Å². The maximum Gasteiger partial charge on any atom is 0.184 e. The van der Waals surface area contributed by atoms with Gasteiger partial charge in [-0.15, -0.1) is 5.10 Å². The highest BCUT2D eigenvalue weighted by Gasteiger charge is 2.13. The molecule has 0 N–H and O–H groups in total. The second-order valence-corrected chi connectivity index (χ2v) is 5.03. The van der Waals surface area contributed by atoms with E-state index in [1.807, 2.05) is 0 Å². The van der Waals surface area contributed by atoms with Crippen LogP contribution in [0, 0.1) is 5.82 Å². The first-order chi connectivity index (χ1) is 10.6. The monoisotopic (exact) mass is 316 g/mol. The number of hydrogen-bond acceptors (Lipinski definition) is 4. The van der Waals surface area contributed by atoms with E-state index in [2.05, 4.69) is 15.5 Å². The maximum atomic E-state index is 12.9. The van der Waals surface area contributed by atoms with Crippen LogP contribution in [0.1, 0.15) is 10.4 Å². The summed E-state index contributed by atoms with van der Waals surface area (Å²) in [6, 6.07) is 12.3. The molecule has 0 amide bonds. The minimum absolute atomic E-state index is 0.0312. The molecule has 2 aromatic carbocycles. The minimum atomic E-state index is -0.388. The molecule has 0 aliphatic carbocycles. The molecule has 0 atom stereocenters. The van der Waals surface area contributed by atoms with Crippen LogP contribution in [0.15, 0.2) is 48.5 Å². The fraction of sp³-hybridized carbons (Fsp3) is 0.0667. The van der Waals surface area contributed by atoms with E-state index in [0.29, 0.717) is 16.4 Å². The van der Waals surface area contributed by atoms with Crippen LogP contribution in [-0.2, 0) is 6.54 Å². The molecule has 1 heterocycles. The zero-order chi connectivity index (χ0) is 15.5. The topological polar surface area (TPSA) is 60.7 Å². The SMILES string of the molecule is O=C(Cn1nnnc1-c1ccc(Cl)cc1)c1ccc(F)cc1. The van der Waals surface area contributed by atoms with Gasteiger partial charge in [-0.05, 0) is 59.0 Å². The lowest BCUT2D eigenvalue weighted by molar-refractivity contribution is 0.0967. The predicted molar refractivity (Wildman–Crippen MR) is 79.0 cm³/mol. The van der Waals surface area contributed by atoms with Crippen molar-refractivity contribution in [3.8, 4) is 11.4 Å². The molecule has 3 aromatic rings. The van der Waals surface area contributed by atoms with E-state index < -0.39 is 0 Å². The molecule has 0 saturated carbocycles. The Morgan fingerprint density at radius 1 is 1.09 bits per heavy atom. The molecule has 0 bridgehead atoms. The van der Waals surface area contributed by atoms with E-state index in [0.717, 1.165) is 5.56 Å².